The van der Waals surface area contributed by atoms with E-state index in [-0.39, 0.29) is 12.5 Å². The molecule has 0 aliphatic carbocycles. The van der Waals surface area contributed by atoms with Crippen molar-refractivity contribution < 1.29 is 14.4 Å². The number of halogens is 1. The van der Waals surface area contributed by atoms with E-state index >= 15 is 0 Å². The molecule has 0 spiro atoms. The maximum atomic E-state index is 12.0. The molecule has 1 aromatic carbocycles. The van der Waals surface area contributed by atoms with Gasteiger partial charge in [-0.3, -0.25) is 14.5 Å². The fraction of sp³-hybridized carbons (Fsp3) is 0.357. The van der Waals surface area contributed by atoms with Crippen LogP contribution in [0.1, 0.15) is 19.8 Å². The average Bonchev–Trinajstić information content (AvgIpc) is 2.70. The summed E-state index contributed by atoms with van der Waals surface area (Å²) in [7, 11) is 0. The Bertz CT molecular complexity index is 559. The highest BCUT2D eigenvalue weighted by molar-refractivity contribution is 14.1. The topological polar surface area (TPSA) is 78.5 Å². The van der Waals surface area contributed by atoms with E-state index in [0.29, 0.717) is 12.1 Å². The molecule has 4 amide bonds. The first-order chi connectivity index (χ1) is 10.0. The zero-order chi connectivity index (χ0) is 15.4. The molecule has 1 aliphatic heterocycles. The summed E-state index contributed by atoms with van der Waals surface area (Å²) in [6.07, 6.45) is 1.37. The van der Waals surface area contributed by atoms with Crippen LogP contribution in [0.3, 0.4) is 0 Å². The molecule has 0 radical (unpaired) electrons. The Balaban J connectivity index is 1.94. The highest BCUT2D eigenvalue weighted by atomic mass is 127. The Kier molecular flexibility index (Phi) is 5.16. The SMILES string of the molecule is CCCC1NC(=O)N(CC(=O)Nc2ccc(I)cc2)C1=O. The van der Waals surface area contributed by atoms with Crippen LogP contribution in [0.5, 0.6) is 0 Å². The van der Waals surface area contributed by atoms with Crippen molar-refractivity contribution in [2.75, 3.05) is 11.9 Å². The third-order valence-corrected chi connectivity index (χ3v) is 3.83. The van der Waals surface area contributed by atoms with Gasteiger partial charge < -0.3 is 10.6 Å². The second-order valence-electron chi connectivity index (χ2n) is 4.77. The van der Waals surface area contributed by atoms with Gasteiger partial charge in [-0.05, 0) is 53.3 Å². The highest BCUT2D eigenvalue weighted by Gasteiger charge is 2.38. The van der Waals surface area contributed by atoms with Crippen molar-refractivity contribution in [1.29, 1.82) is 0 Å². The summed E-state index contributed by atoms with van der Waals surface area (Å²) in [6, 6.07) is 6.25. The third-order valence-electron chi connectivity index (χ3n) is 3.11. The summed E-state index contributed by atoms with van der Waals surface area (Å²) in [5, 5.41) is 5.26. The van der Waals surface area contributed by atoms with E-state index in [9.17, 15) is 14.4 Å². The van der Waals surface area contributed by atoms with Gasteiger partial charge in [0.15, 0.2) is 0 Å². The molecule has 1 aliphatic rings. The summed E-state index contributed by atoms with van der Waals surface area (Å²) in [6.45, 7) is 1.67. The fourth-order valence-corrected chi connectivity index (χ4v) is 2.45. The van der Waals surface area contributed by atoms with Crippen LogP contribution in [-0.2, 0) is 9.59 Å². The van der Waals surface area contributed by atoms with Crippen LogP contribution in [0.25, 0.3) is 0 Å². The molecule has 1 heterocycles. The number of nitrogens with one attached hydrogen (secondary N) is 2. The van der Waals surface area contributed by atoms with Gasteiger partial charge in [-0.2, -0.15) is 0 Å². The summed E-state index contributed by atoms with van der Waals surface area (Å²) < 4.78 is 1.06. The quantitative estimate of drug-likeness (QED) is 0.585. The number of anilines is 1. The molecule has 1 unspecified atom stereocenters. The molecule has 21 heavy (non-hydrogen) atoms. The molecule has 7 heteroatoms. The van der Waals surface area contributed by atoms with Crippen LogP contribution in [0, 0.1) is 3.57 Å². The average molecular weight is 401 g/mol. The van der Waals surface area contributed by atoms with E-state index in [2.05, 4.69) is 33.2 Å². The number of nitrogens with zero attached hydrogens (tertiary/aromatic N) is 1. The number of hydrogen-bond donors (Lipinski definition) is 2. The van der Waals surface area contributed by atoms with Gasteiger partial charge in [-0.1, -0.05) is 13.3 Å². The van der Waals surface area contributed by atoms with Crippen molar-refractivity contribution in [2.24, 2.45) is 0 Å². The molecular formula is C14H16IN3O3. The van der Waals surface area contributed by atoms with Gasteiger partial charge in [0.1, 0.15) is 12.6 Å². The minimum Gasteiger partial charge on any atom is -0.326 e. The van der Waals surface area contributed by atoms with Gasteiger partial charge in [-0.25, -0.2) is 4.79 Å². The Morgan fingerprint density at radius 2 is 2.00 bits per heavy atom. The molecule has 6 nitrogen and oxygen atoms in total. The smallest absolute Gasteiger partial charge is 0.325 e. The number of amides is 4. The monoisotopic (exact) mass is 401 g/mol. The molecular weight excluding hydrogens is 385 g/mol. The first-order valence-electron chi connectivity index (χ1n) is 6.68. The zero-order valence-electron chi connectivity index (χ0n) is 11.6. The van der Waals surface area contributed by atoms with Gasteiger partial charge in [-0.15, -0.1) is 0 Å². The van der Waals surface area contributed by atoms with Crippen LogP contribution in [0.4, 0.5) is 10.5 Å². The number of carbonyl (C=O) groups is 3. The van der Waals surface area contributed by atoms with Crippen molar-refractivity contribution in [2.45, 2.75) is 25.8 Å². The lowest BCUT2D eigenvalue weighted by Gasteiger charge is -2.13. The Hall–Kier alpha value is -1.64. The molecule has 0 bridgehead atoms. The molecule has 112 valence electrons. The first-order valence-corrected chi connectivity index (χ1v) is 7.76. The number of benzene rings is 1. The van der Waals surface area contributed by atoms with E-state index in [0.717, 1.165) is 14.9 Å². The van der Waals surface area contributed by atoms with Crippen molar-refractivity contribution in [3.05, 3.63) is 27.8 Å². The summed E-state index contributed by atoms with van der Waals surface area (Å²) in [4.78, 5) is 36.6. The lowest BCUT2D eigenvalue weighted by Crippen LogP contribution is -2.38. The standard InChI is InChI=1S/C14H16IN3O3/c1-2-3-11-13(20)18(14(21)17-11)8-12(19)16-10-6-4-9(15)5-7-10/h4-7,11H,2-3,8H2,1H3,(H,16,19)(H,17,21). The van der Waals surface area contributed by atoms with Crippen molar-refractivity contribution >= 4 is 46.1 Å². The predicted octanol–water partition coefficient (Wildman–Crippen LogP) is 1.95. The van der Waals surface area contributed by atoms with Crippen LogP contribution in [-0.4, -0.2) is 35.3 Å². The van der Waals surface area contributed by atoms with Gasteiger partial charge in [0.05, 0.1) is 0 Å². The van der Waals surface area contributed by atoms with E-state index < -0.39 is 18.0 Å². The summed E-state index contributed by atoms with van der Waals surface area (Å²) in [5.41, 5.74) is 0.637. The van der Waals surface area contributed by atoms with E-state index in [1.165, 1.54) is 0 Å². The fourth-order valence-electron chi connectivity index (χ4n) is 2.09. The Labute approximate surface area is 136 Å². The molecule has 1 atom stereocenters. The number of carbonyl (C=O) groups excluding carboxylic acids is 3. The minimum absolute atomic E-state index is 0.267. The molecule has 0 aromatic heterocycles. The van der Waals surface area contributed by atoms with Gasteiger partial charge >= 0.3 is 6.03 Å². The lowest BCUT2D eigenvalue weighted by atomic mass is 10.2. The Morgan fingerprint density at radius 3 is 2.62 bits per heavy atom. The minimum atomic E-state index is -0.506. The summed E-state index contributed by atoms with van der Waals surface area (Å²) in [5.74, 6) is -0.725. The van der Waals surface area contributed by atoms with Gasteiger partial charge in [0.25, 0.3) is 5.91 Å². The molecule has 1 aromatic rings. The van der Waals surface area contributed by atoms with Crippen molar-refractivity contribution in [1.82, 2.24) is 10.2 Å². The number of imide groups is 1. The summed E-state index contributed by atoms with van der Waals surface area (Å²) >= 11 is 2.17. The number of urea groups is 1. The van der Waals surface area contributed by atoms with E-state index in [1.54, 1.807) is 12.1 Å². The van der Waals surface area contributed by atoms with Crippen LogP contribution in [0.15, 0.2) is 24.3 Å². The normalized spacial score (nSPS) is 17.8. The van der Waals surface area contributed by atoms with Crippen LogP contribution >= 0.6 is 22.6 Å². The first kappa shape index (κ1) is 15.7. The molecule has 0 saturated carbocycles. The second kappa shape index (κ2) is 6.88. The van der Waals surface area contributed by atoms with Crippen molar-refractivity contribution in [3.63, 3.8) is 0 Å². The third kappa shape index (κ3) is 3.93. The van der Waals surface area contributed by atoms with Crippen molar-refractivity contribution in [3.8, 4) is 0 Å². The molecule has 1 fully saturated rings. The van der Waals surface area contributed by atoms with E-state index in [1.807, 2.05) is 19.1 Å². The molecule has 1 saturated heterocycles. The largest absolute Gasteiger partial charge is 0.326 e. The predicted molar refractivity (Wildman–Crippen MR) is 86.7 cm³/mol. The molecule has 2 rings (SSSR count). The van der Waals surface area contributed by atoms with E-state index in [4.69, 9.17) is 0 Å². The Morgan fingerprint density at radius 1 is 1.33 bits per heavy atom. The number of hydrogen-bond acceptors (Lipinski definition) is 3. The second-order valence-corrected chi connectivity index (χ2v) is 6.02. The van der Waals surface area contributed by atoms with Gasteiger partial charge in [0, 0.05) is 9.26 Å². The lowest BCUT2D eigenvalue weighted by molar-refractivity contribution is -0.130. The maximum absolute atomic E-state index is 12.0. The number of rotatable bonds is 5. The molecule has 2 N–H and O–H groups in total. The van der Waals surface area contributed by atoms with Gasteiger partial charge in [0.2, 0.25) is 5.91 Å². The highest BCUT2D eigenvalue weighted by Crippen LogP contribution is 2.13. The zero-order valence-corrected chi connectivity index (χ0v) is 13.7. The maximum Gasteiger partial charge on any atom is 0.325 e. The van der Waals surface area contributed by atoms with Crippen LogP contribution < -0.4 is 10.6 Å². The van der Waals surface area contributed by atoms with Crippen LogP contribution in [0.2, 0.25) is 0 Å².